The normalized spacial score (nSPS) is 10.7. The number of unbranched alkanes of at least 4 members (excludes halogenated alkanes) is 1. The van der Waals surface area contributed by atoms with Crippen molar-refractivity contribution in [2.24, 2.45) is 5.73 Å². The number of rotatable bonds is 5. The van der Waals surface area contributed by atoms with E-state index in [2.05, 4.69) is 35.0 Å². The number of ether oxygens (including phenoxy) is 1. The van der Waals surface area contributed by atoms with Crippen LogP contribution in [0.1, 0.15) is 12.8 Å². The van der Waals surface area contributed by atoms with Gasteiger partial charge in [-0.25, -0.2) is 0 Å². The average Bonchev–Trinajstić information content (AvgIpc) is 2.38. The van der Waals surface area contributed by atoms with E-state index in [-0.39, 0.29) is 0 Å². The second-order valence-corrected chi connectivity index (χ2v) is 4.12. The molecule has 17 heavy (non-hydrogen) atoms. The Labute approximate surface area is 102 Å². The first-order chi connectivity index (χ1) is 8.35. The minimum atomic E-state index is 0.763. The third kappa shape index (κ3) is 2.74. The molecule has 0 aliphatic rings. The third-order valence-electron chi connectivity index (χ3n) is 2.94. The molecule has 90 valence electrons. The summed E-state index contributed by atoms with van der Waals surface area (Å²) in [5.74, 6) is 0.900. The van der Waals surface area contributed by atoms with E-state index in [0.29, 0.717) is 0 Å². The highest BCUT2D eigenvalue weighted by Crippen LogP contribution is 2.17. The molecule has 0 fully saturated rings. The Morgan fingerprint density at radius 2 is 2.12 bits per heavy atom. The minimum Gasteiger partial charge on any atom is -0.497 e. The molecule has 2 N–H and O–H groups in total. The molecule has 0 bridgehead atoms. The monoisotopic (exact) mass is 231 g/mol. The number of aromatic nitrogens is 1. The number of nitrogens with zero attached hydrogens (tertiary/aromatic N) is 1. The van der Waals surface area contributed by atoms with Crippen LogP contribution in [0.4, 0.5) is 0 Å². The molecule has 0 amide bonds. The molecule has 3 nitrogen and oxygen atoms in total. The summed E-state index contributed by atoms with van der Waals surface area (Å²) in [6, 6.07) is 10.4. The van der Waals surface area contributed by atoms with Crippen LogP contribution in [0.15, 0.2) is 36.5 Å². The van der Waals surface area contributed by atoms with Crippen molar-refractivity contribution in [2.45, 2.75) is 19.4 Å². The molecule has 1 aromatic heterocycles. The van der Waals surface area contributed by atoms with Gasteiger partial charge in [0.1, 0.15) is 12.3 Å². The first-order valence-corrected chi connectivity index (χ1v) is 6.01. The fourth-order valence-electron chi connectivity index (χ4n) is 2.01. The summed E-state index contributed by atoms with van der Waals surface area (Å²) in [4.78, 5) is 0. The number of benzene rings is 1. The van der Waals surface area contributed by atoms with Gasteiger partial charge in [0.25, 0.3) is 0 Å². The molecule has 0 aliphatic carbocycles. The van der Waals surface area contributed by atoms with E-state index >= 15 is 0 Å². The van der Waals surface area contributed by atoms with Crippen molar-refractivity contribution in [3.05, 3.63) is 36.5 Å². The van der Waals surface area contributed by atoms with E-state index in [4.69, 9.17) is 10.5 Å². The summed E-state index contributed by atoms with van der Waals surface area (Å²) in [6.45, 7) is 1.78. The molecule has 0 aliphatic heterocycles. The van der Waals surface area contributed by atoms with Crippen LogP contribution in [0, 0.1) is 0 Å². The maximum Gasteiger partial charge on any atom is 0.212 e. The number of pyridine rings is 1. The Balaban J connectivity index is 2.30. The van der Waals surface area contributed by atoms with Gasteiger partial charge in [-0.1, -0.05) is 0 Å². The van der Waals surface area contributed by atoms with Gasteiger partial charge in [-0.15, -0.1) is 0 Å². The molecular weight excluding hydrogens is 212 g/mol. The van der Waals surface area contributed by atoms with Crippen LogP contribution < -0.4 is 15.0 Å². The van der Waals surface area contributed by atoms with Gasteiger partial charge in [-0.05, 0) is 31.2 Å². The molecule has 0 saturated heterocycles. The molecule has 0 atom stereocenters. The second-order valence-electron chi connectivity index (χ2n) is 4.12. The lowest BCUT2D eigenvalue weighted by atomic mass is 10.2. The van der Waals surface area contributed by atoms with Gasteiger partial charge in [0.2, 0.25) is 5.52 Å². The zero-order valence-electron chi connectivity index (χ0n) is 10.2. The maximum absolute atomic E-state index is 5.52. The highest BCUT2D eigenvalue weighted by molar-refractivity contribution is 5.77. The van der Waals surface area contributed by atoms with Crippen molar-refractivity contribution in [1.82, 2.24) is 0 Å². The first kappa shape index (κ1) is 11.9. The Morgan fingerprint density at radius 1 is 1.24 bits per heavy atom. The predicted octanol–water partition coefficient (Wildman–Crippen LogP) is 1.87. The summed E-state index contributed by atoms with van der Waals surface area (Å²) in [5.41, 5.74) is 6.76. The van der Waals surface area contributed by atoms with Gasteiger partial charge in [0.15, 0.2) is 6.20 Å². The molecule has 0 saturated carbocycles. The van der Waals surface area contributed by atoms with Crippen LogP contribution in [-0.4, -0.2) is 13.7 Å². The van der Waals surface area contributed by atoms with E-state index in [1.807, 2.05) is 6.07 Å². The smallest absolute Gasteiger partial charge is 0.212 e. The van der Waals surface area contributed by atoms with Crippen LogP contribution in [-0.2, 0) is 6.54 Å². The van der Waals surface area contributed by atoms with Gasteiger partial charge in [-0.3, -0.25) is 0 Å². The minimum absolute atomic E-state index is 0.763. The summed E-state index contributed by atoms with van der Waals surface area (Å²) >= 11 is 0. The van der Waals surface area contributed by atoms with Crippen molar-refractivity contribution >= 4 is 10.9 Å². The van der Waals surface area contributed by atoms with Crippen LogP contribution in [0.3, 0.4) is 0 Å². The molecule has 0 radical (unpaired) electrons. The lowest BCUT2D eigenvalue weighted by molar-refractivity contribution is -0.671. The van der Waals surface area contributed by atoms with Crippen molar-refractivity contribution < 1.29 is 9.30 Å². The van der Waals surface area contributed by atoms with E-state index in [1.54, 1.807) is 7.11 Å². The summed E-state index contributed by atoms with van der Waals surface area (Å²) in [6.07, 6.45) is 4.30. The average molecular weight is 231 g/mol. The largest absolute Gasteiger partial charge is 0.497 e. The zero-order valence-corrected chi connectivity index (χ0v) is 10.2. The molecule has 2 rings (SSSR count). The molecule has 0 unspecified atom stereocenters. The summed E-state index contributed by atoms with van der Waals surface area (Å²) in [5, 5.41) is 1.21. The van der Waals surface area contributed by atoms with E-state index < -0.39 is 0 Å². The molecule has 2 aromatic rings. The predicted molar refractivity (Wildman–Crippen MR) is 69.0 cm³/mol. The summed E-state index contributed by atoms with van der Waals surface area (Å²) in [7, 11) is 1.69. The lowest BCUT2D eigenvalue weighted by Crippen LogP contribution is -2.34. The quantitative estimate of drug-likeness (QED) is 0.630. The van der Waals surface area contributed by atoms with Crippen LogP contribution >= 0.6 is 0 Å². The van der Waals surface area contributed by atoms with Crippen molar-refractivity contribution in [3.8, 4) is 5.75 Å². The lowest BCUT2D eigenvalue weighted by Gasteiger charge is -2.03. The Hall–Kier alpha value is -1.61. The maximum atomic E-state index is 5.52. The Morgan fingerprint density at radius 3 is 2.88 bits per heavy atom. The van der Waals surface area contributed by atoms with Crippen molar-refractivity contribution in [1.29, 1.82) is 0 Å². The number of hydrogen-bond acceptors (Lipinski definition) is 2. The third-order valence-corrected chi connectivity index (χ3v) is 2.94. The van der Waals surface area contributed by atoms with Gasteiger partial charge in [0, 0.05) is 18.6 Å². The highest BCUT2D eigenvalue weighted by Gasteiger charge is 2.08. The molecule has 0 spiro atoms. The number of hydrogen-bond donors (Lipinski definition) is 1. The van der Waals surface area contributed by atoms with Gasteiger partial charge in [0.05, 0.1) is 12.5 Å². The molecule has 3 heteroatoms. The molecular formula is C14H19N2O+. The second kappa shape index (κ2) is 5.64. The Bertz CT molecular complexity index is 497. The fourth-order valence-corrected chi connectivity index (χ4v) is 2.01. The number of fused-ring (bicyclic) bond motifs is 1. The number of aryl methyl sites for hydroxylation is 1. The zero-order chi connectivity index (χ0) is 12.1. The summed E-state index contributed by atoms with van der Waals surface area (Å²) < 4.78 is 7.50. The highest BCUT2D eigenvalue weighted by atomic mass is 16.5. The number of methoxy groups -OCH3 is 1. The molecule has 1 aromatic carbocycles. The van der Waals surface area contributed by atoms with Crippen LogP contribution in [0.2, 0.25) is 0 Å². The van der Waals surface area contributed by atoms with E-state index in [9.17, 15) is 0 Å². The Kier molecular flexibility index (Phi) is 3.94. The van der Waals surface area contributed by atoms with Crippen molar-refractivity contribution in [3.63, 3.8) is 0 Å². The SMILES string of the molecule is COc1ccc2c(ccc[n+]2CCCCN)c1. The van der Waals surface area contributed by atoms with Gasteiger partial charge < -0.3 is 10.5 Å². The topological polar surface area (TPSA) is 39.1 Å². The standard InChI is InChI=1S/C14H19N2O/c1-17-13-6-7-14-12(11-13)5-4-10-16(14)9-3-2-8-15/h4-7,10-11H,2-3,8-9,15H2,1H3/q+1. The molecule has 1 heterocycles. The van der Waals surface area contributed by atoms with Crippen molar-refractivity contribution in [2.75, 3.05) is 13.7 Å². The van der Waals surface area contributed by atoms with Crippen LogP contribution in [0.25, 0.3) is 10.9 Å². The van der Waals surface area contributed by atoms with Gasteiger partial charge in [-0.2, -0.15) is 4.57 Å². The van der Waals surface area contributed by atoms with Crippen LogP contribution in [0.5, 0.6) is 5.75 Å². The first-order valence-electron chi connectivity index (χ1n) is 6.01. The fraction of sp³-hybridized carbons (Fsp3) is 0.357. The van der Waals surface area contributed by atoms with Gasteiger partial charge >= 0.3 is 0 Å². The van der Waals surface area contributed by atoms with E-state index in [1.165, 1.54) is 10.9 Å². The number of nitrogens with two attached hydrogens (primary N) is 1. The van der Waals surface area contributed by atoms with E-state index in [0.717, 1.165) is 31.7 Å².